The Bertz CT molecular complexity index is 1360. The zero-order chi connectivity index (χ0) is 25.9. The standard InChI is InChI=1S/C28H26ClN3O4S/c1-2-36-28(35)31-15-13-30(14-16-31)26(33)19-11-12-25-23(17-19)32(18-20-7-3-5-9-22(20)29)27(34)21-8-4-6-10-24(21)37-25/h3-12,17H,2,13-16,18H2,1H3. The van der Waals surface area contributed by atoms with Crippen LogP contribution in [0.25, 0.3) is 0 Å². The van der Waals surface area contributed by atoms with Crippen LogP contribution < -0.4 is 4.90 Å². The van der Waals surface area contributed by atoms with E-state index >= 15 is 0 Å². The number of piperazine rings is 1. The predicted molar refractivity (Wildman–Crippen MR) is 143 cm³/mol. The lowest BCUT2D eigenvalue weighted by molar-refractivity contribution is 0.0570. The molecule has 5 rings (SSSR count). The molecule has 0 aliphatic carbocycles. The van der Waals surface area contributed by atoms with Crippen LogP contribution in [-0.2, 0) is 11.3 Å². The zero-order valence-electron chi connectivity index (χ0n) is 20.4. The molecule has 0 unspecified atom stereocenters. The molecule has 0 radical (unpaired) electrons. The van der Waals surface area contributed by atoms with E-state index in [9.17, 15) is 14.4 Å². The Kier molecular flexibility index (Phi) is 7.39. The van der Waals surface area contributed by atoms with Crippen LogP contribution in [0.5, 0.6) is 0 Å². The number of carbonyl (C=O) groups excluding carboxylic acids is 3. The van der Waals surface area contributed by atoms with Crippen molar-refractivity contribution in [1.29, 1.82) is 0 Å². The van der Waals surface area contributed by atoms with Gasteiger partial charge < -0.3 is 19.4 Å². The van der Waals surface area contributed by atoms with Gasteiger partial charge >= 0.3 is 6.09 Å². The van der Waals surface area contributed by atoms with Gasteiger partial charge in [0.25, 0.3) is 11.8 Å². The van der Waals surface area contributed by atoms with Crippen molar-refractivity contribution < 1.29 is 19.1 Å². The average Bonchev–Trinajstić information content (AvgIpc) is 3.03. The highest BCUT2D eigenvalue weighted by molar-refractivity contribution is 7.99. The molecule has 3 amide bonds. The van der Waals surface area contributed by atoms with Gasteiger partial charge in [-0.2, -0.15) is 0 Å². The molecule has 190 valence electrons. The lowest BCUT2D eigenvalue weighted by atomic mass is 10.1. The summed E-state index contributed by atoms with van der Waals surface area (Å²) < 4.78 is 5.08. The summed E-state index contributed by atoms with van der Waals surface area (Å²) in [6, 6.07) is 20.5. The van der Waals surface area contributed by atoms with Crippen molar-refractivity contribution in [3.63, 3.8) is 0 Å². The Hall–Kier alpha value is -3.49. The number of hydrogen-bond acceptors (Lipinski definition) is 5. The van der Waals surface area contributed by atoms with Crippen LogP contribution in [0.15, 0.2) is 76.5 Å². The van der Waals surface area contributed by atoms with Crippen molar-refractivity contribution >= 4 is 47.0 Å². The Balaban J connectivity index is 1.46. The fourth-order valence-electron chi connectivity index (χ4n) is 4.50. The maximum Gasteiger partial charge on any atom is 0.409 e. The first-order valence-corrected chi connectivity index (χ1v) is 13.3. The predicted octanol–water partition coefficient (Wildman–Crippen LogP) is 5.57. The summed E-state index contributed by atoms with van der Waals surface area (Å²) in [7, 11) is 0. The normalized spacial score (nSPS) is 15.1. The van der Waals surface area contributed by atoms with Crippen LogP contribution >= 0.6 is 23.4 Å². The SMILES string of the molecule is CCOC(=O)N1CCN(C(=O)c2ccc3c(c2)N(Cc2ccccc2Cl)C(=O)c2ccccc2S3)CC1. The third-order valence-corrected chi connectivity index (χ3v) is 7.97. The van der Waals surface area contributed by atoms with Crippen LogP contribution in [0.3, 0.4) is 0 Å². The quantitative estimate of drug-likeness (QED) is 0.437. The molecule has 0 atom stereocenters. The molecule has 9 heteroatoms. The van der Waals surface area contributed by atoms with E-state index in [1.165, 1.54) is 11.8 Å². The minimum atomic E-state index is -0.357. The lowest BCUT2D eigenvalue weighted by Crippen LogP contribution is -2.50. The molecular weight excluding hydrogens is 510 g/mol. The smallest absolute Gasteiger partial charge is 0.409 e. The van der Waals surface area contributed by atoms with Crippen LogP contribution in [0.2, 0.25) is 5.02 Å². The van der Waals surface area contributed by atoms with Gasteiger partial charge in [-0.1, -0.05) is 53.7 Å². The van der Waals surface area contributed by atoms with Crippen LogP contribution in [0, 0.1) is 0 Å². The molecule has 0 bridgehead atoms. The van der Waals surface area contributed by atoms with E-state index < -0.39 is 0 Å². The van der Waals surface area contributed by atoms with Gasteiger partial charge in [-0.05, 0) is 48.9 Å². The molecule has 0 spiro atoms. The third kappa shape index (κ3) is 5.17. The summed E-state index contributed by atoms with van der Waals surface area (Å²) in [5.41, 5.74) is 2.59. The third-order valence-electron chi connectivity index (χ3n) is 6.46. The van der Waals surface area contributed by atoms with Gasteiger partial charge in [0.1, 0.15) is 0 Å². The molecule has 0 aromatic heterocycles. The molecular formula is C28H26ClN3O4S. The van der Waals surface area contributed by atoms with Crippen molar-refractivity contribution in [3.05, 3.63) is 88.4 Å². The number of rotatable bonds is 4. The molecule has 3 aromatic rings. The van der Waals surface area contributed by atoms with Crippen molar-refractivity contribution in [3.8, 4) is 0 Å². The fourth-order valence-corrected chi connectivity index (χ4v) is 5.75. The maximum absolute atomic E-state index is 13.8. The highest BCUT2D eigenvalue weighted by Crippen LogP contribution is 2.42. The van der Waals surface area contributed by atoms with Gasteiger partial charge in [-0.25, -0.2) is 4.79 Å². The van der Waals surface area contributed by atoms with E-state index in [1.807, 2.05) is 48.5 Å². The van der Waals surface area contributed by atoms with Gasteiger partial charge in [0, 0.05) is 46.6 Å². The van der Waals surface area contributed by atoms with Gasteiger partial charge in [0.2, 0.25) is 0 Å². The summed E-state index contributed by atoms with van der Waals surface area (Å²) >= 11 is 7.97. The van der Waals surface area contributed by atoms with Gasteiger partial charge in [0.05, 0.1) is 24.4 Å². The molecule has 37 heavy (non-hydrogen) atoms. The number of nitrogens with zero attached hydrogens (tertiary/aromatic N) is 3. The molecule has 0 saturated carbocycles. The molecule has 2 heterocycles. The second-order valence-corrected chi connectivity index (χ2v) is 10.2. The first-order valence-electron chi connectivity index (χ1n) is 12.1. The van der Waals surface area contributed by atoms with Crippen LogP contribution in [-0.4, -0.2) is 60.5 Å². The average molecular weight is 536 g/mol. The number of hydrogen-bond donors (Lipinski definition) is 0. The topological polar surface area (TPSA) is 70.2 Å². The van der Waals surface area contributed by atoms with Gasteiger partial charge in [0.15, 0.2) is 0 Å². The second-order valence-electron chi connectivity index (χ2n) is 8.74. The number of benzene rings is 3. The fraction of sp³-hybridized carbons (Fsp3) is 0.250. The second kappa shape index (κ2) is 10.9. The number of amides is 3. The highest BCUT2D eigenvalue weighted by atomic mass is 35.5. The Labute approximate surface area is 224 Å². The molecule has 7 nitrogen and oxygen atoms in total. The van der Waals surface area contributed by atoms with Crippen LogP contribution in [0.4, 0.5) is 10.5 Å². The van der Waals surface area contributed by atoms with E-state index in [2.05, 4.69) is 0 Å². The summed E-state index contributed by atoms with van der Waals surface area (Å²) in [6.07, 6.45) is -0.357. The van der Waals surface area contributed by atoms with Gasteiger partial charge in [-0.15, -0.1) is 0 Å². The Morgan fingerprint density at radius 1 is 0.919 bits per heavy atom. The Morgan fingerprint density at radius 2 is 1.62 bits per heavy atom. The Morgan fingerprint density at radius 3 is 2.38 bits per heavy atom. The monoisotopic (exact) mass is 535 g/mol. The summed E-state index contributed by atoms with van der Waals surface area (Å²) in [4.78, 5) is 46.0. The van der Waals surface area contributed by atoms with Crippen LogP contribution in [0.1, 0.15) is 33.2 Å². The minimum absolute atomic E-state index is 0.136. The molecule has 1 saturated heterocycles. The molecule has 0 N–H and O–H groups in total. The van der Waals surface area contributed by atoms with Gasteiger partial charge in [-0.3, -0.25) is 9.59 Å². The number of halogens is 1. The molecule has 2 aliphatic heterocycles. The lowest BCUT2D eigenvalue weighted by Gasteiger charge is -2.34. The first-order chi connectivity index (χ1) is 18.0. The zero-order valence-corrected chi connectivity index (χ0v) is 21.9. The largest absolute Gasteiger partial charge is 0.450 e. The highest BCUT2D eigenvalue weighted by Gasteiger charge is 2.30. The first kappa shape index (κ1) is 25.2. The molecule has 1 fully saturated rings. The number of fused-ring (bicyclic) bond motifs is 2. The van der Waals surface area contributed by atoms with E-state index in [0.29, 0.717) is 54.6 Å². The summed E-state index contributed by atoms with van der Waals surface area (Å²) in [6.45, 7) is 4.02. The van der Waals surface area contributed by atoms with E-state index in [-0.39, 0.29) is 24.5 Å². The number of anilines is 1. The van der Waals surface area contributed by atoms with Crippen molar-refractivity contribution in [2.24, 2.45) is 0 Å². The van der Waals surface area contributed by atoms with E-state index in [0.717, 1.165) is 15.4 Å². The van der Waals surface area contributed by atoms with Crippen molar-refractivity contribution in [1.82, 2.24) is 9.80 Å². The number of carbonyl (C=O) groups is 3. The number of ether oxygens (including phenoxy) is 1. The summed E-state index contributed by atoms with van der Waals surface area (Å²) in [5, 5.41) is 0.578. The minimum Gasteiger partial charge on any atom is -0.450 e. The van der Waals surface area contributed by atoms with E-state index in [1.54, 1.807) is 39.8 Å². The molecule has 3 aromatic carbocycles. The van der Waals surface area contributed by atoms with Crippen molar-refractivity contribution in [2.45, 2.75) is 23.3 Å². The maximum atomic E-state index is 13.8. The van der Waals surface area contributed by atoms with Crippen molar-refractivity contribution in [2.75, 3.05) is 37.7 Å². The molecule has 2 aliphatic rings. The van der Waals surface area contributed by atoms with E-state index in [4.69, 9.17) is 16.3 Å². The summed E-state index contributed by atoms with van der Waals surface area (Å²) in [5.74, 6) is -0.280.